The molecule has 0 aliphatic carbocycles. The molecule has 0 amide bonds. The highest BCUT2D eigenvalue weighted by molar-refractivity contribution is 5.31. The zero-order valence-electron chi connectivity index (χ0n) is 13.0. The van der Waals surface area contributed by atoms with Crippen LogP contribution in [0.1, 0.15) is 31.5 Å². The second-order valence-electron chi connectivity index (χ2n) is 6.30. The lowest BCUT2D eigenvalue weighted by molar-refractivity contribution is 0.168. The molecule has 21 heavy (non-hydrogen) atoms. The number of aromatic nitrogens is 2. The molecule has 5 heteroatoms. The van der Waals surface area contributed by atoms with Crippen LogP contribution in [-0.2, 0) is 17.6 Å². The Morgan fingerprint density at radius 2 is 2.19 bits per heavy atom. The van der Waals surface area contributed by atoms with Crippen molar-refractivity contribution in [2.24, 2.45) is 5.92 Å². The van der Waals surface area contributed by atoms with Crippen LogP contribution in [0.4, 0.5) is 0 Å². The summed E-state index contributed by atoms with van der Waals surface area (Å²) in [6, 6.07) is 0. The number of hydrogen-bond donors (Lipinski definition) is 0. The van der Waals surface area contributed by atoms with Crippen molar-refractivity contribution in [2.45, 2.75) is 39.2 Å². The lowest BCUT2D eigenvalue weighted by Crippen LogP contribution is -2.32. The van der Waals surface area contributed by atoms with Crippen LogP contribution < -0.4 is 4.74 Å². The molecule has 116 valence electrons. The monoisotopic (exact) mass is 291 g/mol. The van der Waals surface area contributed by atoms with E-state index in [1.54, 1.807) is 6.33 Å². The van der Waals surface area contributed by atoms with Crippen molar-refractivity contribution in [2.75, 3.05) is 32.8 Å². The zero-order valence-corrected chi connectivity index (χ0v) is 13.0. The highest BCUT2D eigenvalue weighted by Gasteiger charge is 2.23. The van der Waals surface area contributed by atoms with E-state index < -0.39 is 0 Å². The minimum absolute atomic E-state index is 0.152. The van der Waals surface area contributed by atoms with Crippen LogP contribution >= 0.6 is 0 Å². The third-order valence-electron chi connectivity index (χ3n) is 4.23. The van der Waals surface area contributed by atoms with Gasteiger partial charge in [-0.15, -0.1) is 0 Å². The molecule has 2 aliphatic rings. The van der Waals surface area contributed by atoms with Crippen molar-refractivity contribution in [3.05, 3.63) is 17.6 Å². The Balaban J connectivity index is 1.67. The fourth-order valence-corrected chi connectivity index (χ4v) is 3.14. The molecule has 0 spiro atoms. The van der Waals surface area contributed by atoms with Gasteiger partial charge < -0.3 is 14.4 Å². The maximum Gasteiger partial charge on any atom is 0.220 e. The smallest absolute Gasteiger partial charge is 0.220 e. The summed E-state index contributed by atoms with van der Waals surface area (Å²) >= 11 is 0. The van der Waals surface area contributed by atoms with Crippen LogP contribution in [0, 0.1) is 5.92 Å². The van der Waals surface area contributed by atoms with Crippen molar-refractivity contribution in [1.29, 1.82) is 0 Å². The highest BCUT2D eigenvalue weighted by atomic mass is 16.5. The Kier molecular flexibility index (Phi) is 4.70. The average Bonchev–Trinajstić information content (AvgIpc) is 2.86. The number of nitrogens with zero attached hydrogens (tertiary/aromatic N) is 3. The molecule has 1 aromatic heterocycles. The zero-order chi connectivity index (χ0) is 14.7. The molecule has 0 N–H and O–H groups in total. The van der Waals surface area contributed by atoms with E-state index in [0.717, 1.165) is 57.3 Å². The van der Waals surface area contributed by atoms with Crippen LogP contribution in [0.15, 0.2) is 6.33 Å². The summed E-state index contributed by atoms with van der Waals surface area (Å²) in [5.41, 5.74) is 2.36. The Bertz CT molecular complexity index is 473. The number of hydrogen-bond acceptors (Lipinski definition) is 5. The SMILES string of the molecule is CC(C)Oc1ncnc2c1CCN(C[C@H]1CCOC1)CC2. The van der Waals surface area contributed by atoms with Gasteiger partial charge in [-0.1, -0.05) is 0 Å². The minimum atomic E-state index is 0.152. The second-order valence-corrected chi connectivity index (χ2v) is 6.30. The van der Waals surface area contributed by atoms with E-state index in [9.17, 15) is 0 Å². The molecule has 3 rings (SSSR count). The van der Waals surface area contributed by atoms with Crippen LogP contribution in [-0.4, -0.2) is 53.8 Å². The van der Waals surface area contributed by atoms with Crippen LogP contribution in [0.25, 0.3) is 0 Å². The first-order chi connectivity index (χ1) is 10.2. The van der Waals surface area contributed by atoms with E-state index in [2.05, 4.69) is 14.9 Å². The molecular formula is C16H25N3O2. The highest BCUT2D eigenvalue weighted by Crippen LogP contribution is 2.24. The van der Waals surface area contributed by atoms with Gasteiger partial charge in [-0.3, -0.25) is 0 Å². The quantitative estimate of drug-likeness (QED) is 0.845. The van der Waals surface area contributed by atoms with Gasteiger partial charge in [0.05, 0.1) is 18.4 Å². The Hall–Kier alpha value is -1.20. The minimum Gasteiger partial charge on any atom is -0.475 e. The van der Waals surface area contributed by atoms with E-state index in [4.69, 9.17) is 9.47 Å². The Labute approximate surface area is 126 Å². The fraction of sp³-hybridized carbons (Fsp3) is 0.750. The molecule has 3 heterocycles. The van der Waals surface area contributed by atoms with E-state index in [0.29, 0.717) is 5.92 Å². The first kappa shape index (κ1) is 14.7. The second kappa shape index (κ2) is 6.71. The molecule has 0 unspecified atom stereocenters. The fourth-order valence-electron chi connectivity index (χ4n) is 3.14. The van der Waals surface area contributed by atoms with Gasteiger partial charge >= 0.3 is 0 Å². The van der Waals surface area contributed by atoms with E-state index in [-0.39, 0.29) is 6.10 Å². The van der Waals surface area contributed by atoms with Crippen LogP contribution in [0.5, 0.6) is 5.88 Å². The van der Waals surface area contributed by atoms with Gasteiger partial charge in [-0.2, -0.15) is 0 Å². The molecule has 0 radical (unpaired) electrons. The summed E-state index contributed by atoms with van der Waals surface area (Å²) in [6.07, 6.45) is 4.95. The van der Waals surface area contributed by atoms with Crippen molar-refractivity contribution in [3.8, 4) is 5.88 Å². The third kappa shape index (κ3) is 3.71. The van der Waals surface area contributed by atoms with E-state index in [1.807, 2.05) is 13.8 Å². The van der Waals surface area contributed by atoms with Crippen molar-refractivity contribution in [3.63, 3.8) is 0 Å². The van der Waals surface area contributed by atoms with Gasteiger partial charge in [0.15, 0.2) is 0 Å². The molecule has 1 fully saturated rings. The molecule has 0 bridgehead atoms. The first-order valence-corrected chi connectivity index (χ1v) is 8.02. The van der Waals surface area contributed by atoms with Gasteiger partial charge in [-0.25, -0.2) is 9.97 Å². The number of rotatable bonds is 4. The first-order valence-electron chi connectivity index (χ1n) is 8.02. The van der Waals surface area contributed by atoms with Gasteiger partial charge in [0.1, 0.15) is 6.33 Å². The summed E-state index contributed by atoms with van der Waals surface area (Å²) in [5.74, 6) is 1.48. The molecule has 0 saturated carbocycles. The van der Waals surface area contributed by atoms with Crippen molar-refractivity contribution < 1.29 is 9.47 Å². The van der Waals surface area contributed by atoms with Crippen LogP contribution in [0.3, 0.4) is 0 Å². The molecule has 1 aromatic rings. The number of ether oxygens (including phenoxy) is 2. The molecule has 1 saturated heterocycles. The van der Waals surface area contributed by atoms with Gasteiger partial charge in [0.2, 0.25) is 5.88 Å². The summed E-state index contributed by atoms with van der Waals surface area (Å²) in [6.45, 7) is 9.20. The summed E-state index contributed by atoms with van der Waals surface area (Å²) in [4.78, 5) is 11.3. The average molecular weight is 291 g/mol. The summed E-state index contributed by atoms with van der Waals surface area (Å²) in [7, 11) is 0. The maximum absolute atomic E-state index is 5.85. The van der Waals surface area contributed by atoms with E-state index in [1.165, 1.54) is 12.0 Å². The van der Waals surface area contributed by atoms with Crippen LogP contribution in [0.2, 0.25) is 0 Å². The van der Waals surface area contributed by atoms with Gasteiger partial charge in [0, 0.05) is 38.2 Å². The molecule has 5 nitrogen and oxygen atoms in total. The van der Waals surface area contributed by atoms with Crippen molar-refractivity contribution >= 4 is 0 Å². The molecule has 1 atom stereocenters. The van der Waals surface area contributed by atoms with Gasteiger partial charge in [0.25, 0.3) is 0 Å². The maximum atomic E-state index is 5.85. The molecule has 0 aromatic carbocycles. The Morgan fingerprint density at radius 3 is 2.95 bits per heavy atom. The molecular weight excluding hydrogens is 266 g/mol. The van der Waals surface area contributed by atoms with E-state index >= 15 is 0 Å². The standard InChI is InChI=1S/C16H25N3O2/c1-12(2)21-16-14-3-6-19(9-13-5-8-20-10-13)7-4-15(14)17-11-18-16/h11-13H,3-10H2,1-2H3/t13-/m1/s1. The van der Waals surface area contributed by atoms with Gasteiger partial charge in [-0.05, 0) is 32.6 Å². The third-order valence-corrected chi connectivity index (χ3v) is 4.23. The predicted molar refractivity (Wildman–Crippen MR) is 80.6 cm³/mol. The lowest BCUT2D eigenvalue weighted by atomic mass is 10.1. The molecule has 2 aliphatic heterocycles. The largest absolute Gasteiger partial charge is 0.475 e. The summed E-state index contributed by atoms with van der Waals surface area (Å²) in [5, 5.41) is 0. The topological polar surface area (TPSA) is 47.5 Å². The normalized spacial score (nSPS) is 23.1. The summed E-state index contributed by atoms with van der Waals surface area (Å²) < 4.78 is 11.3. The number of fused-ring (bicyclic) bond motifs is 1. The predicted octanol–water partition coefficient (Wildman–Crippen LogP) is 1.70. The Morgan fingerprint density at radius 1 is 1.33 bits per heavy atom. The van der Waals surface area contributed by atoms with Crippen molar-refractivity contribution in [1.82, 2.24) is 14.9 Å². The lowest BCUT2D eigenvalue weighted by Gasteiger charge is -2.22.